The fraction of sp³-hybridized carbons (Fsp3) is 0.455. The zero-order valence-electron chi connectivity index (χ0n) is 22.8. The Morgan fingerprint density at radius 3 is 2.11 bits per heavy atom. The Morgan fingerprint density at radius 1 is 0.933 bits per heavy atom. The summed E-state index contributed by atoms with van der Waals surface area (Å²) < 4.78 is 67.3. The minimum atomic E-state index is -4.29. The molecule has 5 N–H and O–H groups in total. The highest BCUT2D eigenvalue weighted by molar-refractivity contribution is 8.44. The van der Waals surface area contributed by atoms with Gasteiger partial charge >= 0.3 is 13.5 Å². The molecule has 18 nitrogen and oxygen atoms in total. The molecule has 3 fully saturated rings. The number of ether oxygens (including phenoxy) is 2. The summed E-state index contributed by atoms with van der Waals surface area (Å²) in [7, 11) is 0. The highest BCUT2D eigenvalue weighted by atomic mass is 32.7. The number of hydrogen-bond acceptors (Lipinski definition) is 16. The van der Waals surface area contributed by atoms with E-state index < -0.39 is 75.7 Å². The average Bonchev–Trinajstić information content (AvgIpc) is 3.75. The van der Waals surface area contributed by atoms with Crippen molar-refractivity contribution in [3.63, 3.8) is 0 Å². The molecular formula is C22H25FN10O8P2S2. The first kappa shape index (κ1) is 30.9. The highest BCUT2D eigenvalue weighted by Gasteiger charge is 2.53. The van der Waals surface area contributed by atoms with Gasteiger partial charge in [0.2, 0.25) is 0 Å². The van der Waals surface area contributed by atoms with Crippen molar-refractivity contribution in [1.29, 1.82) is 0 Å². The summed E-state index contributed by atoms with van der Waals surface area (Å²) >= 11 is 9.43. The molecule has 0 radical (unpaired) electrons. The van der Waals surface area contributed by atoms with Gasteiger partial charge in [0.05, 0.1) is 31.8 Å². The molecule has 0 bridgehead atoms. The molecule has 4 aromatic rings. The predicted molar refractivity (Wildman–Crippen MR) is 161 cm³/mol. The van der Waals surface area contributed by atoms with Crippen molar-refractivity contribution >= 4 is 71.5 Å². The normalized spacial score (nSPS) is 37.6. The van der Waals surface area contributed by atoms with Gasteiger partial charge in [0.1, 0.15) is 54.3 Å². The number of aromatic nitrogens is 8. The number of halogens is 1. The van der Waals surface area contributed by atoms with Crippen LogP contribution in [0.25, 0.3) is 22.3 Å². The second kappa shape index (κ2) is 11.5. The van der Waals surface area contributed by atoms with Crippen molar-refractivity contribution in [2.75, 3.05) is 24.7 Å². The number of rotatable bonds is 3. The first-order valence-corrected chi connectivity index (χ1v) is 18.5. The third-order valence-electron chi connectivity index (χ3n) is 7.56. The minimum absolute atomic E-state index is 0.0797. The van der Waals surface area contributed by atoms with E-state index in [9.17, 15) is 9.46 Å². The van der Waals surface area contributed by atoms with Gasteiger partial charge < -0.3 is 34.9 Å². The van der Waals surface area contributed by atoms with Crippen molar-refractivity contribution in [2.45, 2.75) is 43.0 Å². The molecule has 0 aliphatic carbocycles. The van der Waals surface area contributed by atoms with Crippen LogP contribution in [-0.2, 0) is 43.9 Å². The van der Waals surface area contributed by atoms with Gasteiger partial charge in [-0.25, -0.2) is 38.9 Å². The fourth-order valence-electron chi connectivity index (χ4n) is 5.53. The van der Waals surface area contributed by atoms with Crippen LogP contribution in [0.5, 0.6) is 0 Å². The Balaban J connectivity index is 1.18. The highest BCUT2D eigenvalue weighted by Crippen LogP contribution is 2.59. The van der Waals surface area contributed by atoms with E-state index in [1.165, 1.54) is 36.0 Å². The third-order valence-corrected chi connectivity index (χ3v) is 10.7. The van der Waals surface area contributed by atoms with Gasteiger partial charge in [-0.15, -0.1) is 6.58 Å². The second-order valence-electron chi connectivity index (χ2n) is 10.2. The summed E-state index contributed by atoms with van der Waals surface area (Å²) in [5, 5.41) is 0. The van der Waals surface area contributed by atoms with Crippen LogP contribution in [0.4, 0.5) is 16.0 Å². The maximum absolute atomic E-state index is 16.0. The fourth-order valence-corrected chi connectivity index (χ4v) is 8.47. The predicted octanol–water partition coefficient (Wildman–Crippen LogP) is 1.84. The molecule has 10 atom stereocenters. The lowest BCUT2D eigenvalue weighted by atomic mass is 10.00. The molecule has 0 saturated carbocycles. The molecule has 7 heterocycles. The van der Waals surface area contributed by atoms with Crippen LogP contribution in [0, 0.1) is 5.92 Å². The van der Waals surface area contributed by atoms with Crippen LogP contribution in [0.15, 0.2) is 38.0 Å². The van der Waals surface area contributed by atoms with Crippen LogP contribution in [0.1, 0.15) is 12.5 Å². The molecule has 2 unspecified atom stereocenters. The zero-order chi connectivity index (χ0) is 31.7. The Morgan fingerprint density at radius 2 is 1.49 bits per heavy atom. The number of imidazole rings is 2. The van der Waals surface area contributed by atoms with Crippen LogP contribution in [-0.4, -0.2) is 87.7 Å². The molecule has 0 aromatic carbocycles. The van der Waals surface area contributed by atoms with Crippen molar-refractivity contribution in [2.24, 2.45) is 5.92 Å². The van der Waals surface area contributed by atoms with E-state index in [1.54, 1.807) is 4.57 Å². The number of nitrogen functional groups attached to an aromatic ring is 2. The Labute approximate surface area is 263 Å². The molecule has 45 heavy (non-hydrogen) atoms. The molecule has 0 spiro atoms. The van der Waals surface area contributed by atoms with Crippen LogP contribution in [0.2, 0.25) is 0 Å². The summed E-state index contributed by atoms with van der Waals surface area (Å²) in [4.78, 5) is 35.7. The lowest BCUT2D eigenvalue weighted by Gasteiger charge is -2.30. The first-order valence-electron chi connectivity index (χ1n) is 13.2. The van der Waals surface area contributed by atoms with Gasteiger partial charge in [0.15, 0.2) is 35.3 Å². The first-order chi connectivity index (χ1) is 21.5. The van der Waals surface area contributed by atoms with E-state index in [0.717, 1.165) is 0 Å². The van der Waals surface area contributed by atoms with Gasteiger partial charge in [-0.2, -0.15) is 0 Å². The quantitative estimate of drug-likeness (QED) is 0.135. The molecule has 7 rings (SSSR count). The number of fused-ring (bicyclic) bond motifs is 4. The number of hydrogen-bond donors (Lipinski definition) is 4. The number of anilines is 2. The maximum Gasteiger partial charge on any atom is 0.386 e. The number of thiol groups is 1. The third kappa shape index (κ3) is 5.55. The number of alkyl halides is 1. The molecule has 240 valence electrons. The standard InChI is InChI=1S/C22H25FN10O8P2S2/c1-2-9-15-10(38-21(9)32-7-30-13-17(24)26-5-28-19(13)32)3-36-43(35,45)41-16-11(4-37-42(34,44)40-15)39-22(12(16)23)33-8-31-14-18(25)27-6-29-20(14)33/h2,5-12,15-16,21-22H,1,3-4H2,(H,34,44)(H,35,45)(H2,24,26,28)(H2,25,27,29)/t9-,10-,11-,12-,15+,16-,21-,22-,42?,43?/m1/s1. The summed E-state index contributed by atoms with van der Waals surface area (Å²) in [6.45, 7) is -5.42. The monoisotopic (exact) mass is 702 g/mol. The smallest absolute Gasteiger partial charge is 0.382 e. The Hall–Kier alpha value is -2.68. The minimum Gasteiger partial charge on any atom is -0.382 e. The zero-order valence-corrected chi connectivity index (χ0v) is 26.3. The SMILES string of the molecule is C=C[C@@H]1[C@@H]2OP(O)(=S)OC[C@H]3O[C@@H](n4cnc5c(N)ncnc54)[C@H](F)[C@@H]3OP(=O)(S)OC[C@H]2O[C@H]1n1cnc2c(N)ncnc21. The number of nitrogens with two attached hydrogens (primary N) is 2. The van der Waals surface area contributed by atoms with Gasteiger partial charge in [0.25, 0.3) is 0 Å². The van der Waals surface area contributed by atoms with Crippen LogP contribution >= 0.6 is 25.8 Å². The molecule has 3 aliphatic heterocycles. The van der Waals surface area contributed by atoms with Gasteiger partial charge in [-0.05, 0) is 11.8 Å². The number of nitrogens with zero attached hydrogens (tertiary/aromatic N) is 8. The van der Waals surface area contributed by atoms with Crippen molar-refractivity contribution < 1.29 is 41.4 Å². The van der Waals surface area contributed by atoms with E-state index in [-0.39, 0.29) is 22.8 Å². The lowest BCUT2D eigenvalue weighted by Crippen LogP contribution is -2.36. The van der Waals surface area contributed by atoms with E-state index >= 15 is 4.39 Å². The summed E-state index contributed by atoms with van der Waals surface area (Å²) in [6, 6.07) is 0. The van der Waals surface area contributed by atoms with Crippen molar-refractivity contribution in [3.8, 4) is 0 Å². The van der Waals surface area contributed by atoms with E-state index in [4.69, 9.17) is 50.8 Å². The maximum atomic E-state index is 16.0. The molecule has 23 heteroatoms. The average molecular weight is 703 g/mol. The van der Waals surface area contributed by atoms with Gasteiger partial charge in [0, 0.05) is 0 Å². The molecule has 0 amide bonds. The lowest BCUT2D eigenvalue weighted by molar-refractivity contribution is -0.0562. The molecule has 3 aliphatic rings. The summed E-state index contributed by atoms with van der Waals surface area (Å²) in [5.41, 5.74) is 12.9. The van der Waals surface area contributed by atoms with E-state index in [1.807, 2.05) is 0 Å². The molecular weight excluding hydrogens is 677 g/mol. The van der Waals surface area contributed by atoms with E-state index in [2.05, 4.69) is 48.7 Å². The largest absolute Gasteiger partial charge is 0.386 e. The summed E-state index contributed by atoms with van der Waals surface area (Å²) in [6.07, 6.45) is -2.36. The molecule has 4 aromatic heterocycles. The van der Waals surface area contributed by atoms with Crippen LogP contribution < -0.4 is 11.5 Å². The topological polar surface area (TPSA) is 232 Å². The van der Waals surface area contributed by atoms with Gasteiger partial charge in [-0.1, -0.05) is 18.3 Å². The van der Waals surface area contributed by atoms with Crippen molar-refractivity contribution in [3.05, 3.63) is 38.0 Å². The van der Waals surface area contributed by atoms with Crippen molar-refractivity contribution in [1.82, 2.24) is 39.0 Å². The van der Waals surface area contributed by atoms with Gasteiger partial charge in [-0.3, -0.25) is 18.2 Å². The Kier molecular flexibility index (Phi) is 7.93. The van der Waals surface area contributed by atoms with Crippen LogP contribution in [0.3, 0.4) is 0 Å². The molecule has 3 saturated heterocycles. The second-order valence-corrected chi connectivity index (χ2v) is 15.9. The Bertz CT molecular complexity index is 1890. The summed E-state index contributed by atoms with van der Waals surface area (Å²) in [5.74, 6) is -0.450. The van der Waals surface area contributed by atoms with E-state index in [0.29, 0.717) is 11.2 Å².